The molecule has 0 bridgehead atoms. The summed E-state index contributed by atoms with van der Waals surface area (Å²) in [6.45, 7) is 10.0. The number of hydrogen-bond acceptors (Lipinski definition) is 3. The molecule has 0 aromatic heterocycles. The molecule has 1 aliphatic heterocycles. The van der Waals surface area contributed by atoms with E-state index in [-0.39, 0.29) is 29.8 Å². The third-order valence-electron chi connectivity index (χ3n) is 4.47. The van der Waals surface area contributed by atoms with Crippen LogP contribution in [0.2, 0.25) is 0 Å². The van der Waals surface area contributed by atoms with Gasteiger partial charge in [-0.1, -0.05) is 12.1 Å². The highest BCUT2D eigenvalue weighted by molar-refractivity contribution is 14.0. The van der Waals surface area contributed by atoms with Crippen molar-refractivity contribution >= 4 is 29.9 Å². The van der Waals surface area contributed by atoms with E-state index in [2.05, 4.69) is 34.4 Å². The Morgan fingerprint density at radius 2 is 2.20 bits per heavy atom. The van der Waals surface area contributed by atoms with E-state index in [0.717, 1.165) is 37.8 Å². The molecule has 7 heteroatoms. The smallest absolute Gasteiger partial charge is 0.191 e. The molecule has 2 N–H and O–H groups in total. The first kappa shape index (κ1) is 22.1. The average molecular weight is 464 g/mol. The third kappa shape index (κ3) is 6.71. The highest BCUT2D eigenvalue weighted by Crippen LogP contribution is 2.10. The number of rotatable bonds is 5. The van der Waals surface area contributed by atoms with Gasteiger partial charge in [-0.2, -0.15) is 0 Å². The fourth-order valence-corrected chi connectivity index (χ4v) is 2.91. The fourth-order valence-electron chi connectivity index (χ4n) is 2.91. The Labute approximate surface area is 167 Å². The minimum absolute atomic E-state index is 0. The van der Waals surface area contributed by atoms with E-state index in [1.165, 1.54) is 0 Å². The van der Waals surface area contributed by atoms with Crippen LogP contribution in [0.5, 0.6) is 0 Å². The molecule has 142 valence electrons. The monoisotopic (exact) mass is 464 g/mol. The van der Waals surface area contributed by atoms with Gasteiger partial charge in [0.25, 0.3) is 0 Å². The number of aryl methyl sites for hydroxylation is 1. The lowest BCUT2D eigenvalue weighted by Gasteiger charge is -2.38. The van der Waals surface area contributed by atoms with Crippen molar-refractivity contribution in [1.29, 1.82) is 0 Å². The molecule has 0 amide bonds. The third-order valence-corrected chi connectivity index (χ3v) is 4.47. The molecule has 1 saturated heterocycles. The van der Waals surface area contributed by atoms with E-state index >= 15 is 0 Å². The van der Waals surface area contributed by atoms with Gasteiger partial charge in [-0.25, -0.2) is 4.39 Å². The number of morpholine rings is 1. The van der Waals surface area contributed by atoms with Gasteiger partial charge >= 0.3 is 0 Å². The van der Waals surface area contributed by atoms with Crippen molar-refractivity contribution in [3.05, 3.63) is 35.1 Å². The highest BCUT2D eigenvalue weighted by atomic mass is 127. The van der Waals surface area contributed by atoms with E-state index in [1.807, 2.05) is 6.07 Å². The van der Waals surface area contributed by atoms with Gasteiger partial charge < -0.3 is 15.4 Å². The second-order valence-electron chi connectivity index (χ2n) is 6.40. The Bertz CT molecular complexity index is 570. The van der Waals surface area contributed by atoms with Gasteiger partial charge in [-0.05, 0) is 38.0 Å². The Morgan fingerprint density at radius 1 is 1.44 bits per heavy atom. The number of halogens is 2. The first-order chi connectivity index (χ1) is 11.5. The van der Waals surface area contributed by atoms with Crippen LogP contribution in [-0.4, -0.2) is 56.3 Å². The van der Waals surface area contributed by atoms with Crippen molar-refractivity contribution in [1.82, 2.24) is 15.5 Å². The maximum absolute atomic E-state index is 13.6. The summed E-state index contributed by atoms with van der Waals surface area (Å²) in [5.74, 6) is 0.552. The van der Waals surface area contributed by atoms with Crippen LogP contribution < -0.4 is 10.6 Å². The normalized spacial score (nSPS) is 19.9. The van der Waals surface area contributed by atoms with E-state index < -0.39 is 0 Å². The lowest BCUT2D eigenvalue weighted by atomic mass is 10.1. The molecule has 2 rings (SSSR count). The number of hydrogen-bond donors (Lipinski definition) is 2. The molecular weight excluding hydrogens is 434 g/mol. The Balaban J connectivity index is 0.00000312. The standard InChI is InChI=1S/C18H29FN4O.HI/c1-13-5-6-16(9-17(13)19)11-22-18(20-4)21-10-14(2)23-7-8-24-12-15(23)3;/h5-6,9,14-15H,7-8,10-12H2,1-4H3,(H2,20,21,22);1H. The van der Waals surface area contributed by atoms with E-state index in [1.54, 1.807) is 26.1 Å². The Morgan fingerprint density at radius 3 is 2.84 bits per heavy atom. The largest absolute Gasteiger partial charge is 0.379 e. The molecule has 0 spiro atoms. The summed E-state index contributed by atoms with van der Waals surface area (Å²) in [4.78, 5) is 6.68. The molecule has 25 heavy (non-hydrogen) atoms. The lowest BCUT2D eigenvalue weighted by molar-refractivity contribution is -0.0174. The summed E-state index contributed by atoms with van der Waals surface area (Å²) in [7, 11) is 1.74. The number of guanidine groups is 1. The average Bonchev–Trinajstić information content (AvgIpc) is 2.58. The summed E-state index contributed by atoms with van der Waals surface area (Å²) < 4.78 is 19.1. The van der Waals surface area contributed by atoms with Gasteiger partial charge in [0.2, 0.25) is 0 Å². The molecule has 0 saturated carbocycles. The minimum Gasteiger partial charge on any atom is -0.379 e. The van der Waals surface area contributed by atoms with Crippen molar-refractivity contribution in [2.45, 2.75) is 39.4 Å². The lowest BCUT2D eigenvalue weighted by Crippen LogP contribution is -2.52. The van der Waals surface area contributed by atoms with E-state index in [0.29, 0.717) is 24.2 Å². The minimum atomic E-state index is -0.174. The molecule has 5 nitrogen and oxygen atoms in total. The maximum Gasteiger partial charge on any atom is 0.191 e. The van der Waals surface area contributed by atoms with Gasteiger partial charge in [0.15, 0.2) is 5.96 Å². The van der Waals surface area contributed by atoms with Gasteiger partial charge in [0.05, 0.1) is 13.2 Å². The first-order valence-electron chi connectivity index (χ1n) is 8.54. The van der Waals surface area contributed by atoms with Crippen LogP contribution in [0.15, 0.2) is 23.2 Å². The van der Waals surface area contributed by atoms with Gasteiger partial charge in [-0.15, -0.1) is 24.0 Å². The van der Waals surface area contributed by atoms with Crippen molar-refractivity contribution < 1.29 is 9.13 Å². The second-order valence-corrected chi connectivity index (χ2v) is 6.40. The fraction of sp³-hybridized carbons (Fsp3) is 0.611. The number of nitrogens with zero attached hydrogens (tertiary/aromatic N) is 2. The number of ether oxygens (including phenoxy) is 1. The van der Waals surface area contributed by atoms with Gasteiger partial charge in [-0.3, -0.25) is 9.89 Å². The molecule has 2 atom stereocenters. The van der Waals surface area contributed by atoms with E-state index in [9.17, 15) is 4.39 Å². The van der Waals surface area contributed by atoms with Crippen molar-refractivity contribution in [2.75, 3.05) is 33.4 Å². The summed E-state index contributed by atoms with van der Waals surface area (Å²) in [5, 5.41) is 6.58. The number of aliphatic imine (C=N–C) groups is 1. The zero-order chi connectivity index (χ0) is 17.5. The van der Waals surface area contributed by atoms with Crippen LogP contribution in [0, 0.1) is 12.7 Å². The summed E-state index contributed by atoms with van der Waals surface area (Å²) >= 11 is 0. The molecule has 0 aliphatic carbocycles. The second kappa shape index (κ2) is 10.9. The van der Waals surface area contributed by atoms with E-state index in [4.69, 9.17) is 4.74 Å². The van der Waals surface area contributed by atoms with Crippen LogP contribution in [0.1, 0.15) is 25.0 Å². The molecule has 2 unspecified atom stereocenters. The van der Waals surface area contributed by atoms with Crippen molar-refractivity contribution in [3.63, 3.8) is 0 Å². The number of nitrogens with one attached hydrogen (secondary N) is 2. The zero-order valence-electron chi connectivity index (χ0n) is 15.5. The SMILES string of the molecule is CN=C(NCc1ccc(C)c(F)c1)NCC(C)N1CCOCC1C.I. The Hall–Kier alpha value is -0.930. The molecule has 1 aliphatic rings. The molecule has 1 fully saturated rings. The summed E-state index contributed by atoms with van der Waals surface area (Å²) in [6, 6.07) is 6.11. The quantitative estimate of drug-likeness (QED) is 0.400. The van der Waals surface area contributed by atoms with Crippen LogP contribution >= 0.6 is 24.0 Å². The number of benzene rings is 1. The molecule has 1 aromatic rings. The van der Waals surface area contributed by atoms with Crippen molar-refractivity contribution in [3.8, 4) is 0 Å². The first-order valence-corrected chi connectivity index (χ1v) is 8.54. The zero-order valence-corrected chi connectivity index (χ0v) is 17.8. The summed E-state index contributed by atoms with van der Waals surface area (Å²) in [6.07, 6.45) is 0. The van der Waals surface area contributed by atoms with Gasteiger partial charge in [0, 0.05) is 38.8 Å². The topological polar surface area (TPSA) is 48.9 Å². The van der Waals surface area contributed by atoms with Crippen LogP contribution in [0.4, 0.5) is 4.39 Å². The van der Waals surface area contributed by atoms with Crippen LogP contribution in [0.3, 0.4) is 0 Å². The van der Waals surface area contributed by atoms with Crippen LogP contribution in [0.25, 0.3) is 0 Å². The van der Waals surface area contributed by atoms with Crippen molar-refractivity contribution in [2.24, 2.45) is 4.99 Å². The Kier molecular flexibility index (Phi) is 9.66. The molecule has 1 aromatic carbocycles. The maximum atomic E-state index is 13.6. The molecule has 1 heterocycles. The summed E-state index contributed by atoms with van der Waals surface area (Å²) in [5.41, 5.74) is 1.56. The highest BCUT2D eigenvalue weighted by Gasteiger charge is 2.23. The van der Waals surface area contributed by atoms with Gasteiger partial charge in [0.1, 0.15) is 5.82 Å². The molecular formula is C18H30FIN4O. The van der Waals surface area contributed by atoms with Crippen LogP contribution in [-0.2, 0) is 11.3 Å². The molecule has 0 radical (unpaired) electrons. The predicted octanol–water partition coefficient (Wildman–Crippen LogP) is 2.53. The predicted molar refractivity (Wildman–Crippen MR) is 111 cm³/mol.